The van der Waals surface area contributed by atoms with E-state index in [0.717, 1.165) is 31.0 Å². The van der Waals surface area contributed by atoms with Gasteiger partial charge in [0.15, 0.2) is 11.7 Å². The predicted molar refractivity (Wildman–Crippen MR) is 90.5 cm³/mol. The van der Waals surface area contributed by atoms with Crippen LogP contribution in [-0.2, 0) is 16.0 Å². The number of nitrogens with one attached hydrogen (secondary N) is 1. The normalized spacial score (nSPS) is 18.5. The Bertz CT molecular complexity index is 657. The zero-order valence-corrected chi connectivity index (χ0v) is 13.9. The maximum absolute atomic E-state index is 12.0. The number of hydrogen-bond donors (Lipinski definition) is 1. The van der Waals surface area contributed by atoms with Crippen molar-refractivity contribution in [3.05, 3.63) is 42.4 Å². The number of nitrogens with zero attached hydrogens (tertiary/aromatic N) is 2. The highest BCUT2D eigenvalue weighted by Crippen LogP contribution is 2.20. The minimum Gasteiger partial charge on any atom is -0.441 e. The molecule has 0 bridgehead atoms. The smallest absolute Gasteiger partial charge is 0.220 e. The van der Waals surface area contributed by atoms with Gasteiger partial charge in [-0.25, -0.2) is 4.98 Å². The molecule has 1 aliphatic heterocycles. The molecule has 1 atom stereocenters. The second-order valence-electron chi connectivity index (χ2n) is 6.04. The van der Waals surface area contributed by atoms with Gasteiger partial charge in [-0.3, -0.25) is 4.79 Å². The minimum absolute atomic E-state index is 0.00807. The van der Waals surface area contributed by atoms with Gasteiger partial charge < -0.3 is 19.4 Å². The maximum atomic E-state index is 12.0. The molecule has 0 unspecified atom stereocenters. The van der Waals surface area contributed by atoms with Crippen molar-refractivity contribution in [2.45, 2.75) is 18.9 Å². The highest BCUT2D eigenvalue weighted by Gasteiger charge is 2.18. The number of hydrogen-bond acceptors (Lipinski definition) is 5. The number of carbonyl (C=O) groups is 1. The molecule has 0 radical (unpaired) electrons. The summed E-state index contributed by atoms with van der Waals surface area (Å²) in [6, 6.07) is 9.81. The van der Waals surface area contributed by atoms with Gasteiger partial charge in [-0.05, 0) is 7.05 Å². The van der Waals surface area contributed by atoms with Crippen LogP contribution >= 0.6 is 0 Å². The van der Waals surface area contributed by atoms with E-state index in [4.69, 9.17) is 9.15 Å². The fraction of sp³-hybridized carbons (Fsp3) is 0.444. The van der Waals surface area contributed by atoms with Gasteiger partial charge in [0.05, 0.1) is 18.9 Å². The number of aryl methyl sites for hydroxylation is 1. The molecule has 6 nitrogen and oxygen atoms in total. The molecule has 1 N–H and O–H groups in total. The summed E-state index contributed by atoms with van der Waals surface area (Å²) in [5, 5.41) is 2.92. The quantitative estimate of drug-likeness (QED) is 0.874. The average Bonchev–Trinajstić information content (AvgIpc) is 3.08. The molecule has 3 rings (SSSR count). The molecule has 0 aliphatic carbocycles. The molecular weight excluding hydrogens is 306 g/mol. The Kier molecular flexibility index (Phi) is 5.61. The van der Waals surface area contributed by atoms with Crippen molar-refractivity contribution >= 4 is 5.91 Å². The lowest BCUT2D eigenvalue weighted by atomic mass is 10.2. The lowest BCUT2D eigenvalue weighted by Gasteiger charge is -2.30. The highest BCUT2D eigenvalue weighted by atomic mass is 16.5. The fourth-order valence-corrected chi connectivity index (χ4v) is 2.69. The van der Waals surface area contributed by atoms with Gasteiger partial charge in [-0.2, -0.15) is 0 Å². The van der Waals surface area contributed by atoms with Crippen LogP contribution in [0.3, 0.4) is 0 Å². The molecule has 2 aromatic rings. The first-order chi connectivity index (χ1) is 11.7. The van der Waals surface area contributed by atoms with E-state index in [0.29, 0.717) is 25.3 Å². The summed E-state index contributed by atoms with van der Waals surface area (Å²) >= 11 is 0. The molecule has 0 saturated carbocycles. The van der Waals surface area contributed by atoms with Crippen LogP contribution in [0.1, 0.15) is 12.3 Å². The van der Waals surface area contributed by atoms with Crippen molar-refractivity contribution in [1.82, 2.24) is 15.2 Å². The monoisotopic (exact) mass is 329 g/mol. The van der Waals surface area contributed by atoms with Crippen LogP contribution in [0.25, 0.3) is 11.3 Å². The Balaban J connectivity index is 1.42. The number of amides is 1. The van der Waals surface area contributed by atoms with Gasteiger partial charge >= 0.3 is 0 Å². The third-order valence-corrected chi connectivity index (χ3v) is 4.05. The molecule has 6 heteroatoms. The van der Waals surface area contributed by atoms with Gasteiger partial charge in [0.2, 0.25) is 5.91 Å². The highest BCUT2D eigenvalue weighted by molar-refractivity contribution is 5.76. The van der Waals surface area contributed by atoms with E-state index in [1.165, 1.54) is 0 Å². The first-order valence-corrected chi connectivity index (χ1v) is 8.27. The minimum atomic E-state index is -0.00807. The van der Waals surface area contributed by atoms with Crippen LogP contribution in [0.4, 0.5) is 0 Å². The third kappa shape index (κ3) is 4.66. The van der Waals surface area contributed by atoms with Crippen molar-refractivity contribution < 1.29 is 13.9 Å². The second kappa shape index (κ2) is 8.08. The van der Waals surface area contributed by atoms with Crippen molar-refractivity contribution in [3.63, 3.8) is 0 Å². The number of likely N-dealkylation sites (N-methyl/N-ethyl adjacent to an activating group) is 1. The maximum Gasteiger partial charge on any atom is 0.220 e. The van der Waals surface area contributed by atoms with E-state index < -0.39 is 0 Å². The van der Waals surface area contributed by atoms with Crippen molar-refractivity contribution in [2.24, 2.45) is 0 Å². The Hall–Kier alpha value is -2.18. The zero-order chi connectivity index (χ0) is 16.8. The molecule has 24 heavy (non-hydrogen) atoms. The van der Waals surface area contributed by atoms with Crippen LogP contribution in [0, 0.1) is 0 Å². The van der Waals surface area contributed by atoms with Gasteiger partial charge in [0.25, 0.3) is 0 Å². The SMILES string of the molecule is CN1CCO[C@H](CNC(=O)CCc2ncc(-c3ccccc3)o2)C1. The van der Waals surface area contributed by atoms with Crippen LogP contribution in [-0.4, -0.2) is 55.2 Å². The van der Waals surface area contributed by atoms with E-state index in [1.54, 1.807) is 6.20 Å². The summed E-state index contributed by atoms with van der Waals surface area (Å²) in [5.74, 6) is 1.30. The topological polar surface area (TPSA) is 67.6 Å². The number of benzene rings is 1. The van der Waals surface area contributed by atoms with E-state index in [2.05, 4.69) is 22.2 Å². The van der Waals surface area contributed by atoms with Gasteiger partial charge in [0.1, 0.15) is 0 Å². The van der Waals surface area contributed by atoms with E-state index in [9.17, 15) is 4.79 Å². The van der Waals surface area contributed by atoms with E-state index >= 15 is 0 Å². The second-order valence-corrected chi connectivity index (χ2v) is 6.04. The first kappa shape index (κ1) is 16.7. The van der Waals surface area contributed by atoms with Crippen molar-refractivity contribution in [3.8, 4) is 11.3 Å². The number of morpholine rings is 1. The fourth-order valence-electron chi connectivity index (χ4n) is 2.69. The number of carbonyl (C=O) groups excluding carboxylic acids is 1. The summed E-state index contributed by atoms with van der Waals surface area (Å²) in [7, 11) is 2.06. The zero-order valence-electron chi connectivity index (χ0n) is 13.9. The number of aromatic nitrogens is 1. The van der Waals surface area contributed by atoms with Crippen LogP contribution in [0.2, 0.25) is 0 Å². The molecule has 1 fully saturated rings. The Morgan fingerprint density at radius 2 is 2.21 bits per heavy atom. The molecular formula is C18H23N3O3. The van der Waals surface area contributed by atoms with Gasteiger partial charge in [-0.1, -0.05) is 30.3 Å². The summed E-state index contributed by atoms with van der Waals surface area (Å²) in [6.07, 6.45) is 2.62. The van der Waals surface area contributed by atoms with Gasteiger partial charge in [0, 0.05) is 38.0 Å². The van der Waals surface area contributed by atoms with Crippen LogP contribution in [0.15, 0.2) is 40.9 Å². The molecule has 0 spiro atoms. The van der Waals surface area contributed by atoms with E-state index in [1.807, 2.05) is 30.3 Å². The summed E-state index contributed by atoms with van der Waals surface area (Å²) in [5.41, 5.74) is 0.985. The van der Waals surface area contributed by atoms with E-state index in [-0.39, 0.29) is 12.0 Å². The molecule has 1 aromatic carbocycles. The molecule has 2 heterocycles. The molecule has 1 aliphatic rings. The van der Waals surface area contributed by atoms with Gasteiger partial charge in [-0.15, -0.1) is 0 Å². The summed E-state index contributed by atoms with van der Waals surface area (Å²) in [6.45, 7) is 3.05. The lowest BCUT2D eigenvalue weighted by Crippen LogP contribution is -2.45. The number of oxazole rings is 1. The molecule has 1 amide bonds. The Labute approximate surface area is 141 Å². The molecule has 128 valence electrons. The Morgan fingerprint density at radius 3 is 3.00 bits per heavy atom. The third-order valence-electron chi connectivity index (χ3n) is 4.05. The number of rotatable bonds is 6. The molecule has 1 aromatic heterocycles. The summed E-state index contributed by atoms with van der Waals surface area (Å²) in [4.78, 5) is 18.4. The Morgan fingerprint density at radius 1 is 1.38 bits per heavy atom. The van der Waals surface area contributed by atoms with Crippen molar-refractivity contribution in [2.75, 3.05) is 33.3 Å². The van der Waals surface area contributed by atoms with Crippen LogP contribution in [0.5, 0.6) is 0 Å². The predicted octanol–water partition coefficient (Wildman–Crippen LogP) is 1.72. The average molecular weight is 329 g/mol. The number of ether oxygens (including phenoxy) is 1. The van der Waals surface area contributed by atoms with Crippen LogP contribution < -0.4 is 5.32 Å². The molecule has 1 saturated heterocycles. The summed E-state index contributed by atoms with van der Waals surface area (Å²) < 4.78 is 11.3. The lowest BCUT2D eigenvalue weighted by molar-refractivity contribution is -0.122. The van der Waals surface area contributed by atoms with Crippen molar-refractivity contribution in [1.29, 1.82) is 0 Å². The first-order valence-electron chi connectivity index (χ1n) is 8.27. The standard InChI is InChI=1S/C18H23N3O3/c1-21-9-10-23-15(13-21)11-19-17(22)7-8-18-20-12-16(24-18)14-5-3-2-4-6-14/h2-6,12,15H,7-11,13H2,1H3,(H,19,22)/t15-/m1/s1. The largest absolute Gasteiger partial charge is 0.441 e.